The molecule has 0 saturated carbocycles. The second kappa shape index (κ2) is 9.41. The lowest BCUT2D eigenvalue weighted by Gasteiger charge is -2.14. The number of hydrogen-bond acceptors (Lipinski definition) is 2. The number of hydrogen-bond donors (Lipinski definition) is 2. The normalized spacial score (nSPS) is 10.9. The molecule has 0 saturated heterocycles. The molecule has 0 fully saturated rings. The Kier molecular flexibility index (Phi) is 9.13. The molecule has 120 valence electrons. The third-order valence-electron chi connectivity index (χ3n) is 2.70. The predicted octanol–water partition coefficient (Wildman–Crippen LogP) is 3.45. The average Bonchev–Trinajstić information content (AvgIpc) is 2.41. The van der Waals surface area contributed by atoms with E-state index in [2.05, 4.69) is 5.32 Å². The van der Waals surface area contributed by atoms with Crippen LogP contribution in [0.15, 0.2) is 18.2 Å². The molecular formula is C13H17Cl3F2N2O. The SMILES string of the molecule is Cl.NCC(F)(F)CNC(=O)CCCc1ccc(Cl)c(Cl)c1. The third-order valence-corrected chi connectivity index (χ3v) is 3.44. The molecule has 0 radical (unpaired) electrons. The molecule has 1 amide bonds. The molecule has 1 rings (SSSR count). The van der Waals surface area contributed by atoms with E-state index in [1.165, 1.54) is 0 Å². The molecule has 1 aromatic carbocycles. The first-order chi connectivity index (χ1) is 9.34. The average molecular weight is 362 g/mol. The minimum atomic E-state index is -3.06. The molecule has 0 heterocycles. The van der Waals surface area contributed by atoms with Crippen molar-refractivity contribution in [2.45, 2.75) is 25.2 Å². The highest BCUT2D eigenvalue weighted by Gasteiger charge is 2.26. The van der Waals surface area contributed by atoms with Crippen LogP contribution in [0.25, 0.3) is 0 Å². The molecule has 0 aliphatic rings. The van der Waals surface area contributed by atoms with Crippen LogP contribution in [0.3, 0.4) is 0 Å². The number of halogens is 5. The summed E-state index contributed by atoms with van der Waals surface area (Å²) >= 11 is 11.7. The van der Waals surface area contributed by atoms with Gasteiger partial charge in [-0.15, -0.1) is 12.4 Å². The molecule has 8 heteroatoms. The maximum Gasteiger partial charge on any atom is 0.277 e. The maximum absolute atomic E-state index is 12.8. The molecule has 3 nitrogen and oxygen atoms in total. The minimum Gasteiger partial charge on any atom is -0.350 e. The quantitative estimate of drug-likeness (QED) is 0.781. The molecular weight excluding hydrogens is 345 g/mol. The molecule has 0 atom stereocenters. The van der Waals surface area contributed by atoms with Crippen LogP contribution in [0, 0.1) is 0 Å². The molecule has 1 aromatic rings. The maximum atomic E-state index is 12.8. The van der Waals surface area contributed by atoms with Crippen LogP contribution in [-0.4, -0.2) is 24.9 Å². The molecule has 0 spiro atoms. The highest BCUT2D eigenvalue weighted by Crippen LogP contribution is 2.23. The second-order valence-electron chi connectivity index (χ2n) is 4.44. The van der Waals surface area contributed by atoms with E-state index in [9.17, 15) is 13.6 Å². The molecule has 0 aliphatic carbocycles. The Morgan fingerprint density at radius 3 is 2.52 bits per heavy atom. The Morgan fingerprint density at radius 1 is 1.29 bits per heavy atom. The van der Waals surface area contributed by atoms with Crippen molar-refractivity contribution in [3.8, 4) is 0 Å². The van der Waals surface area contributed by atoms with Crippen molar-refractivity contribution in [3.63, 3.8) is 0 Å². The Balaban J connectivity index is 0.00000400. The van der Waals surface area contributed by atoms with E-state index in [0.29, 0.717) is 22.9 Å². The largest absolute Gasteiger partial charge is 0.350 e. The summed E-state index contributed by atoms with van der Waals surface area (Å²) in [5.74, 6) is -3.47. The lowest BCUT2D eigenvalue weighted by atomic mass is 10.1. The number of amides is 1. The van der Waals surface area contributed by atoms with Crippen LogP contribution < -0.4 is 11.1 Å². The molecule has 0 aliphatic heterocycles. The fourth-order valence-corrected chi connectivity index (χ4v) is 1.86. The molecule has 3 N–H and O–H groups in total. The van der Waals surface area contributed by atoms with Gasteiger partial charge in [-0.3, -0.25) is 4.79 Å². The Bertz CT molecular complexity index is 473. The van der Waals surface area contributed by atoms with Gasteiger partial charge >= 0.3 is 0 Å². The van der Waals surface area contributed by atoms with Gasteiger partial charge in [0.2, 0.25) is 5.91 Å². The minimum absolute atomic E-state index is 0. The van der Waals surface area contributed by atoms with Gasteiger partial charge in [-0.05, 0) is 30.5 Å². The zero-order chi connectivity index (χ0) is 15.2. The lowest BCUT2D eigenvalue weighted by Crippen LogP contribution is -2.41. The van der Waals surface area contributed by atoms with E-state index in [4.69, 9.17) is 28.9 Å². The van der Waals surface area contributed by atoms with Crippen molar-refractivity contribution in [3.05, 3.63) is 33.8 Å². The Labute approximate surface area is 138 Å². The summed E-state index contributed by atoms with van der Waals surface area (Å²) < 4.78 is 25.6. The predicted molar refractivity (Wildman–Crippen MR) is 83.7 cm³/mol. The van der Waals surface area contributed by atoms with Gasteiger partial charge in [-0.2, -0.15) is 0 Å². The van der Waals surface area contributed by atoms with Gasteiger partial charge in [-0.1, -0.05) is 29.3 Å². The number of benzene rings is 1. The standard InChI is InChI=1S/C13H16Cl2F2N2O.ClH/c14-10-5-4-9(6-11(10)15)2-1-3-12(20)19-8-13(16,17)7-18;/h4-6H,1-3,7-8,18H2,(H,19,20);1H. The summed E-state index contributed by atoms with van der Waals surface area (Å²) in [5.41, 5.74) is 5.81. The number of aryl methyl sites for hydroxylation is 1. The van der Waals surface area contributed by atoms with Crippen molar-refractivity contribution in [1.29, 1.82) is 0 Å². The summed E-state index contributed by atoms with van der Waals surface area (Å²) in [6, 6.07) is 5.22. The summed E-state index contributed by atoms with van der Waals surface area (Å²) in [6.07, 6.45) is 1.33. The topological polar surface area (TPSA) is 55.1 Å². The van der Waals surface area contributed by atoms with Gasteiger partial charge < -0.3 is 11.1 Å². The number of nitrogens with one attached hydrogen (secondary N) is 1. The molecule has 21 heavy (non-hydrogen) atoms. The first-order valence-corrected chi connectivity index (χ1v) is 6.88. The van der Waals surface area contributed by atoms with Gasteiger partial charge in [0.25, 0.3) is 5.92 Å². The van der Waals surface area contributed by atoms with E-state index in [0.717, 1.165) is 5.56 Å². The van der Waals surface area contributed by atoms with Crippen LogP contribution in [0.2, 0.25) is 10.0 Å². The van der Waals surface area contributed by atoms with Crippen molar-refractivity contribution < 1.29 is 13.6 Å². The van der Waals surface area contributed by atoms with E-state index < -0.39 is 24.9 Å². The third kappa shape index (κ3) is 7.81. The van der Waals surface area contributed by atoms with E-state index in [1.54, 1.807) is 12.1 Å². The summed E-state index contributed by atoms with van der Waals surface area (Å²) in [6.45, 7) is -1.51. The lowest BCUT2D eigenvalue weighted by molar-refractivity contribution is -0.122. The van der Waals surface area contributed by atoms with Crippen molar-refractivity contribution in [2.24, 2.45) is 5.73 Å². The van der Waals surface area contributed by atoms with Crippen LogP contribution >= 0.6 is 35.6 Å². The van der Waals surface area contributed by atoms with Crippen molar-refractivity contribution in [2.75, 3.05) is 13.1 Å². The molecule has 0 bridgehead atoms. The molecule has 0 unspecified atom stereocenters. The zero-order valence-corrected chi connectivity index (χ0v) is 13.5. The number of carbonyl (C=O) groups is 1. The fraction of sp³-hybridized carbons (Fsp3) is 0.462. The highest BCUT2D eigenvalue weighted by atomic mass is 35.5. The van der Waals surface area contributed by atoms with Crippen molar-refractivity contribution >= 4 is 41.5 Å². The Morgan fingerprint density at radius 2 is 1.95 bits per heavy atom. The summed E-state index contributed by atoms with van der Waals surface area (Å²) in [5, 5.41) is 3.09. The van der Waals surface area contributed by atoms with Gasteiger partial charge in [0.05, 0.1) is 23.1 Å². The van der Waals surface area contributed by atoms with E-state index in [-0.39, 0.29) is 18.8 Å². The second-order valence-corrected chi connectivity index (χ2v) is 5.25. The highest BCUT2D eigenvalue weighted by molar-refractivity contribution is 6.42. The number of rotatable bonds is 7. The van der Waals surface area contributed by atoms with Crippen LogP contribution in [0.1, 0.15) is 18.4 Å². The number of alkyl halides is 2. The fourth-order valence-electron chi connectivity index (χ4n) is 1.54. The first-order valence-electron chi connectivity index (χ1n) is 6.12. The smallest absolute Gasteiger partial charge is 0.277 e. The van der Waals surface area contributed by atoms with Crippen LogP contribution in [0.4, 0.5) is 8.78 Å². The molecule has 0 aromatic heterocycles. The van der Waals surface area contributed by atoms with E-state index in [1.807, 2.05) is 6.07 Å². The van der Waals surface area contributed by atoms with Gasteiger partial charge in [-0.25, -0.2) is 8.78 Å². The van der Waals surface area contributed by atoms with E-state index >= 15 is 0 Å². The van der Waals surface area contributed by atoms with Gasteiger partial charge in [0.15, 0.2) is 0 Å². The Hall–Kier alpha value is -0.620. The van der Waals surface area contributed by atoms with Crippen molar-refractivity contribution in [1.82, 2.24) is 5.32 Å². The monoisotopic (exact) mass is 360 g/mol. The zero-order valence-electron chi connectivity index (χ0n) is 11.2. The van der Waals surface area contributed by atoms with Crippen LogP contribution in [-0.2, 0) is 11.2 Å². The summed E-state index contributed by atoms with van der Waals surface area (Å²) in [4.78, 5) is 11.4. The van der Waals surface area contributed by atoms with Gasteiger partial charge in [0.1, 0.15) is 0 Å². The summed E-state index contributed by atoms with van der Waals surface area (Å²) in [7, 11) is 0. The van der Waals surface area contributed by atoms with Crippen LogP contribution in [0.5, 0.6) is 0 Å². The first kappa shape index (κ1) is 20.4. The van der Waals surface area contributed by atoms with Gasteiger partial charge in [0, 0.05) is 6.42 Å². The number of nitrogens with two attached hydrogens (primary N) is 1. The number of carbonyl (C=O) groups excluding carboxylic acids is 1.